The fourth-order valence-corrected chi connectivity index (χ4v) is 4.02. The highest BCUT2D eigenvalue weighted by atomic mass is 32.2. The summed E-state index contributed by atoms with van der Waals surface area (Å²) in [6.07, 6.45) is -4.88. The molecule has 13 heteroatoms. The van der Waals surface area contributed by atoms with Gasteiger partial charge in [0, 0.05) is 18.5 Å². The summed E-state index contributed by atoms with van der Waals surface area (Å²) in [6.45, 7) is 7.57. The van der Waals surface area contributed by atoms with Gasteiger partial charge in [0.25, 0.3) is 5.91 Å². The van der Waals surface area contributed by atoms with Crippen molar-refractivity contribution in [2.24, 2.45) is 10.4 Å². The maximum Gasteiger partial charge on any atom is 0.417 e. The summed E-state index contributed by atoms with van der Waals surface area (Å²) in [5.74, 6) is -0.815. The monoisotopic (exact) mass is 513 g/mol. The Hall–Kier alpha value is -3.32. The summed E-state index contributed by atoms with van der Waals surface area (Å²) in [5, 5.41) is 13.3. The van der Waals surface area contributed by atoms with Gasteiger partial charge >= 0.3 is 6.18 Å². The van der Waals surface area contributed by atoms with E-state index in [1.54, 1.807) is 19.1 Å². The number of nitrogens with one attached hydrogen (secondary N) is 2. The molecule has 3 N–H and O–H groups in total. The molecule has 3 rings (SSSR count). The number of halogens is 3. The molecule has 3 aromatic rings. The lowest BCUT2D eigenvalue weighted by atomic mass is 9.86. The van der Waals surface area contributed by atoms with E-state index in [9.17, 15) is 27.6 Å². The minimum atomic E-state index is -4.88. The van der Waals surface area contributed by atoms with Crippen molar-refractivity contribution in [2.75, 3.05) is 19.4 Å². The van der Waals surface area contributed by atoms with Gasteiger partial charge in [0.1, 0.15) is 17.6 Å². The number of hydrogen-bond donors (Lipinski definition) is 3. The first-order chi connectivity index (χ1) is 16.1. The van der Waals surface area contributed by atoms with E-state index in [1.165, 1.54) is 14.1 Å². The van der Waals surface area contributed by atoms with E-state index in [-0.39, 0.29) is 17.0 Å². The highest BCUT2D eigenvalue weighted by Crippen LogP contribution is 2.41. The van der Waals surface area contributed by atoms with Gasteiger partial charge in [-0.1, -0.05) is 20.8 Å². The zero-order valence-electron chi connectivity index (χ0n) is 19.9. The largest absolute Gasteiger partial charge is 0.548 e. The number of rotatable bonds is 5. The lowest BCUT2D eigenvalue weighted by molar-refractivity contribution is -0.138. The Morgan fingerprint density at radius 3 is 2.43 bits per heavy atom. The van der Waals surface area contributed by atoms with Crippen molar-refractivity contribution in [1.82, 2.24) is 13.6 Å². The maximum absolute atomic E-state index is 13.5. The second-order valence-electron chi connectivity index (χ2n) is 9.19. The molecule has 0 fully saturated rings. The first-order valence-corrected chi connectivity index (χ1v) is 11.5. The Bertz CT molecular complexity index is 1300. The predicted octanol–water partition coefficient (Wildman–Crippen LogP) is 4.90. The molecule has 0 spiro atoms. The molecule has 1 unspecified atom stereocenters. The van der Waals surface area contributed by atoms with Crippen molar-refractivity contribution in [2.45, 2.75) is 39.9 Å². The summed E-state index contributed by atoms with van der Waals surface area (Å²) in [7, 11) is 2.54. The Balaban J connectivity index is 2.13. The Kier molecular flexibility index (Phi) is 7.04. The molecular weight excluding hydrogens is 487 g/mol. The molecule has 0 aliphatic rings. The number of anilines is 2. The molecular formula is C22H26F3N5O4S. The van der Waals surface area contributed by atoms with E-state index < -0.39 is 51.6 Å². The molecule has 190 valence electrons. The van der Waals surface area contributed by atoms with Gasteiger partial charge in [0.15, 0.2) is 16.9 Å². The number of furan rings is 1. The number of alkyl halides is 3. The average molecular weight is 514 g/mol. The maximum atomic E-state index is 13.5. The first kappa shape index (κ1) is 26.3. The second-order valence-corrected chi connectivity index (χ2v) is 10.1. The molecule has 0 radical (unpaired) electrons. The predicted molar refractivity (Wildman–Crippen MR) is 123 cm³/mol. The average Bonchev–Trinajstić information content (AvgIpc) is 3.29. The summed E-state index contributed by atoms with van der Waals surface area (Å²) >= 11 is -1.92. The van der Waals surface area contributed by atoms with Crippen LogP contribution >= 0.6 is 11.1 Å². The van der Waals surface area contributed by atoms with Gasteiger partial charge in [-0.3, -0.25) is 4.79 Å². The summed E-state index contributed by atoms with van der Waals surface area (Å²) in [6, 6.07) is 4.66. The number of amides is 1. The van der Waals surface area contributed by atoms with Gasteiger partial charge in [0.05, 0.1) is 16.8 Å². The lowest BCUT2D eigenvalue weighted by Crippen LogP contribution is -2.25. The topological polar surface area (TPSA) is 130 Å². The van der Waals surface area contributed by atoms with E-state index in [0.29, 0.717) is 17.6 Å². The molecule has 1 aromatic carbocycles. The molecule has 0 aliphatic carbocycles. The van der Waals surface area contributed by atoms with Gasteiger partial charge in [-0.05, 0) is 36.6 Å². The number of benzene rings is 1. The van der Waals surface area contributed by atoms with E-state index >= 15 is 0 Å². The van der Waals surface area contributed by atoms with E-state index in [0.717, 1.165) is 11.0 Å². The van der Waals surface area contributed by atoms with E-state index in [1.807, 2.05) is 20.8 Å². The number of carbonyl (C=O) groups excluding carboxylic acids is 1. The number of H-pyrrole nitrogens is 1. The number of aromatic hydroxyl groups is 1. The van der Waals surface area contributed by atoms with Crippen molar-refractivity contribution in [1.29, 1.82) is 0 Å². The number of aromatic nitrogens is 2. The molecule has 0 bridgehead atoms. The van der Waals surface area contributed by atoms with Crippen molar-refractivity contribution in [3.63, 3.8) is 0 Å². The SMILES string of the molecule is Cc1ccc([C@H](N=c2[nH][s+]([O-])nc2Nc2ccc(C(F)(F)F)c(C(=O)N(C)C)c2O)C(C)(C)C)o1. The van der Waals surface area contributed by atoms with E-state index in [2.05, 4.69) is 19.1 Å². The molecule has 0 aliphatic heterocycles. The zero-order chi connectivity index (χ0) is 26.3. The molecule has 1 amide bonds. The third-order valence-corrected chi connectivity index (χ3v) is 5.76. The third kappa shape index (κ3) is 5.68. The number of carbonyl (C=O) groups is 1. The van der Waals surface area contributed by atoms with Gasteiger partial charge < -0.3 is 24.3 Å². The molecule has 0 saturated heterocycles. The number of hydrogen-bond acceptors (Lipinski definition) is 7. The Labute approximate surface area is 202 Å². The van der Waals surface area contributed by atoms with Crippen LogP contribution in [-0.4, -0.2) is 43.3 Å². The van der Waals surface area contributed by atoms with Crippen LogP contribution in [0, 0.1) is 12.3 Å². The van der Waals surface area contributed by atoms with Crippen LogP contribution in [0.2, 0.25) is 0 Å². The summed E-state index contributed by atoms with van der Waals surface area (Å²) in [4.78, 5) is 18.0. The third-order valence-electron chi connectivity index (χ3n) is 5.05. The first-order valence-electron chi connectivity index (χ1n) is 10.4. The fraction of sp³-hybridized carbons (Fsp3) is 0.409. The van der Waals surface area contributed by atoms with Crippen molar-refractivity contribution >= 4 is 28.6 Å². The van der Waals surface area contributed by atoms with Crippen molar-refractivity contribution in [3.05, 3.63) is 52.4 Å². The van der Waals surface area contributed by atoms with E-state index in [4.69, 9.17) is 4.42 Å². The van der Waals surface area contributed by atoms with Gasteiger partial charge in [0.2, 0.25) is 11.3 Å². The standard InChI is InChI=1S/C22H26F3N5O4S/c1-11-7-10-14(34-11)17(21(2,3)4)27-19-18(28-35(33)29-19)26-13-9-8-12(22(23,24)25)15(16(13)31)20(32)30(5)6/h7-10,17,31H,1-6H3,(H,26,28)(H,27,29)/t17-,35?/m0/s1. The lowest BCUT2D eigenvalue weighted by Gasteiger charge is -2.25. The number of nitrogens with zero attached hydrogens (tertiary/aromatic N) is 3. The smallest absolute Gasteiger partial charge is 0.417 e. The molecule has 35 heavy (non-hydrogen) atoms. The number of aryl methyl sites for hydroxylation is 1. The van der Waals surface area contributed by atoms with Crippen LogP contribution in [0.3, 0.4) is 0 Å². The van der Waals surface area contributed by atoms with Gasteiger partial charge in [-0.25, -0.2) is 4.99 Å². The highest BCUT2D eigenvalue weighted by molar-refractivity contribution is 7.13. The number of aromatic amines is 1. The molecule has 9 nitrogen and oxygen atoms in total. The normalized spacial score (nSPS) is 14.2. The highest BCUT2D eigenvalue weighted by Gasteiger charge is 2.38. The van der Waals surface area contributed by atoms with Crippen LogP contribution in [0.5, 0.6) is 5.75 Å². The molecule has 2 atom stereocenters. The van der Waals surface area contributed by atoms with Crippen LogP contribution < -0.4 is 10.8 Å². The minimum absolute atomic E-state index is 0.0529. The second kappa shape index (κ2) is 9.38. The van der Waals surface area contributed by atoms with Crippen LogP contribution in [-0.2, 0) is 6.18 Å². The Morgan fingerprint density at radius 1 is 1.26 bits per heavy atom. The van der Waals surface area contributed by atoms with Gasteiger partial charge in [-0.2, -0.15) is 13.2 Å². The van der Waals surface area contributed by atoms with Crippen LogP contribution in [0.15, 0.2) is 33.7 Å². The summed E-state index contributed by atoms with van der Waals surface area (Å²) in [5.41, 5.74) is -2.83. The zero-order valence-corrected chi connectivity index (χ0v) is 20.8. The number of phenolic OH excluding ortho intramolecular Hbond substituents is 1. The summed E-state index contributed by atoms with van der Waals surface area (Å²) < 4.78 is 64.9. The van der Waals surface area contributed by atoms with Crippen LogP contribution in [0.1, 0.15) is 54.3 Å². The van der Waals surface area contributed by atoms with Gasteiger partial charge in [-0.15, -0.1) is 4.37 Å². The van der Waals surface area contributed by atoms with Crippen LogP contribution in [0.4, 0.5) is 24.7 Å². The minimum Gasteiger partial charge on any atom is -0.548 e. The molecule has 2 aromatic heterocycles. The molecule has 0 saturated carbocycles. The molecule has 2 heterocycles. The van der Waals surface area contributed by atoms with Crippen molar-refractivity contribution < 1.29 is 32.0 Å². The Morgan fingerprint density at radius 2 is 1.91 bits per heavy atom. The van der Waals surface area contributed by atoms with Crippen molar-refractivity contribution in [3.8, 4) is 5.75 Å². The fourth-order valence-electron chi connectivity index (χ4n) is 3.36. The quantitative estimate of drug-likeness (QED) is 0.329. The van der Waals surface area contributed by atoms with Crippen LogP contribution in [0.25, 0.3) is 0 Å². The number of phenols is 1.